The molecule has 0 saturated carbocycles. The lowest BCUT2D eigenvalue weighted by atomic mass is 9.93. The van der Waals surface area contributed by atoms with Gasteiger partial charge in [0.2, 0.25) is 0 Å². The summed E-state index contributed by atoms with van der Waals surface area (Å²) in [5, 5.41) is 3.46. The van der Waals surface area contributed by atoms with Crippen LogP contribution in [0.25, 0.3) is 0 Å². The normalized spacial score (nSPS) is 26.2. The summed E-state index contributed by atoms with van der Waals surface area (Å²) in [7, 11) is 0. The Labute approximate surface area is 90.0 Å². The van der Waals surface area contributed by atoms with Crippen LogP contribution >= 0.6 is 0 Å². The van der Waals surface area contributed by atoms with Gasteiger partial charge in [-0.1, -0.05) is 18.2 Å². The molecule has 1 aliphatic heterocycles. The fourth-order valence-corrected chi connectivity index (χ4v) is 2.14. The van der Waals surface area contributed by atoms with Gasteiger partial charge in [-0.2, -0.15) is 0 Å². The first-order chi connectivity index (χ1) is 7.29. The standard InChI is InChI=1S/C13H16FN/c1-2-12-7-4-8-13(15-12)10-5-3-6-11(14)9-10/h2-3,5-6,9,12-13,15H,1,4,7-8H2. The van der Waals surface area contributed by atoms with Crippen LogP contribution in [0.3, 0.4) is 0 Å². The molecule has 2 rings (SSSR count). The quantitative estimate of drug-likeness (QED) is 0.731. The first-order valence-electron chi connectivity index (χ1n) is 5.43. The second-order valence-electron chi connectivity index (χ2n) is 4.05. The molecule has 0 spiro atoms. The molecule has 1 aromatic rings. The third kappa shape index (κ3) is 2.45. The zero-order valence-corrected chi connectivity index (χ0v) is 8.75. The molecule has 2 unspecified atom stereocenters. The van der Waals surface area contributed by atoms with Crippen LogP contribution in [0.5, 0.6) is 0 Å². The predicted octanol–water partition coefficient (Wildman–Crippen LogP) is 3.19. The van der Waals surface area contributed by atoms with Gasteiger partial charge in [0.15, 0.2) is 0 Å². The topological polar surface area (TPSA) is 12.0 Å². The van der Waals surface area contributed by atoms with Crippen molar-refractivity contribution in [3.05, 3.63) is 48.3 Å². The summed E-state index contributed by atoms with van der Waals surface area (Å²) in [6, 6.07) is 7.49. The highest BCUT2D eigenvalue weighted by molar-refractivity contribution is 5.21. The van der Waals surface area contributed by atoms with Crippen LogP contribution in [-0.2, 0) is 0 Å². The predicted molar refractivity (Wildman–Crippen MR) is 60.1 cm³/mol. The van der Waals surface area contributed by atoms with E-state index < -0.39 is 0 Å². The summed E-state index contributed by atoms with van der Waals surface area (Å²) in [6.07, 6.45) is 5.32. The van der Waals surface area contributed by atoms with Gasteiger partial charge in [0.1, 0.15) is 5.82 Å². The van der Waals surface area contributed by atoms with Gasteiger partial charge in [0, 0.05) is 12.1 Å². The van der Waals surface area contributed by atoms with Crippen LogP contribution in [0.4, 0.5) is 4.39 Å². The minimum absolute atomic E-state index is 0.157. The van der Waals surface area contributed by atoms with Gasteiger partial charge in [-0.25, -0.2) is 4.39 Å². The van der Waals surface area contributed by atoms with Crippen molar-refractivity contribution in [1.29, 1.82) is 0 Å². The van der Waals surface area contributed by atoms with Crippen molar-refractivity contribution in [3.8, 4) is 0 Å². The molecule has 0 aromatic heterocycles. The smallest absolute Gasteiger partial charge is 0.123 e. The fourth-order valence-electron chi connectivity index (χ4n) is 2.14. The van der Waals surface area contributed by atoms with Crippen molar-refractivity contribution < 1.29 is 4.39 Å². The van der Waals surface area contributed by atoms with Crippen LogP contribution in [-0.4, -0.2) is 6.04 Å². The second-order valence-corrected chi connectivity index (χ2v) is 4.05. The summed E-state index contributed by atoms with van der Waals surface area (Å²) in [4.78, 5) is 0. The van der Waals surface area contributed by atoms with Crippen molar-refractivity contribution in [2.45, 2.75) is 31.3 Å². The Bertz CT molecular complexity index is 348. The van der Waals surface area contributed by atoms with E-state index in [1.54, 1.807) is 12.1 Å². The molecule has 2 heteroatoms. The molecule has 1 heterocycles. The number of halogens is 1. The lowest BCUT2D eigenvalue weighted by Crippen LogP contribution is -2.35. The Hall–Kier alpha value is -1.15. The first kappa shape index (κ1) is 10.4. The molecule has 15 heavy (non-hydrogen) atoms. The number of rotatable bonds is 2. The molecule has 1 fully saturated rings. The van der Waals surface area contributed by atoms with Crippen molar-refractivity contribution in [2.75, 3.05) is 0 Å². The average Bonchev–Trinajstić information content (AvgIpc) is 2.29. The molecule has 1 N–H and O–H groups in total. The van der Waals surface area contributed by atoms with Crippen LogP contribution in [0.15, 0.2) is 36.9 Å². The van der Waals surface area contributed by atoms with Gasteiger partial charge in [0.25, 0.3) is 0 Å². The van der Waals surface area contributed by atoms with Crippen LogP contribution in [0, 0.1) is 5.82 Å². The van der Waals surface area contributed by atoms with Gasteiger partial charge >= 0.3 is 0 Å². The minimum atomic E-state index is -0.157. The van der Waals surface area contributed by atoms with Gasteiger partial charge in [-0.15, -0.1) is 6.58 Å². The van der Waals surface area contributed by atoms with Gasteiger partial charge in [-0.05, 0) is 37.0 Å². The maximum Gasteiger partial charge on any atom is 0.123 e. The number of benzene rings is 1. The Kier molecular flexibility index (Phi) is 3.17. The van der Waals surface area contributed by atoms with E-state index in [9.17, 15) is 4.39 Å². The van der Waals surface area contributed by atoms with E-state index in [0.717, 1.165) is 18.4 Å². The molecule has 0 radical (unpaired) electrons. The Morgan fingerprint density at radius 3 is 3.00 bits per heavy atom. The van der Waals surface area contributed by atoms with Gasteiger partial charge in [-0.3, -0.25) is 0 Å². The zero-order valence-electron chi connectivity index (χ0n) is 8.75. The van der Waals surface area contributed by atoms with Crippen molar-refractivity contribution in [3.63, 3.8) is 0 Å². The SMILES string of the molecule is C=CC1CCCC(c2cccc(F)c2)N1. The number of nitrogens with one attached hydrogen (secondary N) is 1. The lowest BCUT2D eigenvalue weighted by molar-refractivity contribution is 0.362. The number of piperidine rings is 1. The lowest BCUT2D eigenvalue weighted by Gasteiger charge is -2.29. The highest BCUT2D eigenvalue weighted by Gasteiger charge is 2.20. The summed E-state index contributed by atoms with van der Waals surface area (Å²) in [6.45, 7) is 3.79. The summed E-state index contributed by atoms with van der Waals surface area (Å²) in [5.74, 6) is -0.157. The van der Waals surface area contributed by atoms with Crippen LogP contribution in [0.1, 0.15) is 30.9 Å². The Balaban J connectivity index is 2.13. The third-order valence-corrected chi connectivity index (χ3v) is 2.96. The Morgan fingerprint density at radius 1 is 1.40 bits per heavy atom. The monoisotopic (exact) mass is 205 g/mol. The minimum Gasteiger partial charge on any atom is -0.304 e. The average molecular weight is 205 g/mol. The van der Waals surface area contributed by atoms with Gasteiger partial charge in [0.05, 0.1) is 0 Å². The van der Waals surface area contributed by atoms with Crippen molar-refractivity contribution in [1.82, 2.24) is 5.32 Å². The zero-order chi connectivity index (χ0) is 10.7. The van der Waals surface area contributed by atoms with E-state index in [1.807, 2.05) is 12.1 Å². The molecule has 1 nitrogen and oxygen atoms in total. The first-order valence-corrected chi connectivity index (χ1v) is 5.43. The van der Waals surface area contributed by atoms with Crippen LogP contribution < -0.4 is 5.32 Å². The van der Waals surface area contributed by atoms with E-state index in [1.165, 1.54) is 12.5 Å². The fraction of sp³-hybridized carbons (Fsp3) is 0.385. The molecule has 0 aliphatic carbocycles. The third-order valence-electron chi connectivity index (χ3n) is 2.96. The highest BCUT2D eigenvalue weighted by atomic mass is 19.1. The second kappa shape index (κ2) is 4.58. The summed E-state index contributed by atoms with van der Waals surface area (Å²) >= 11 is 0. The molecule has 1 saturated heterocycles. The Morgan fingerprint density at radius 2 is 2.27 bits per heavy atom. The molecule has 0 amide bonds. The summed E-state index contributed by atoms with van der Waals surface area (Å²) < 4.78 is 13.1. The maximum atomic E-state index is 13.1. The summed E-state index contributed by atoms with van der Waals surface area (Å²) in [5.41, 5.74) is 1.04. The van der Waals surface area contributed by atoms with Crippen molar-refractivity contribution >= 4 is 0 Å². The maximum absolute atomic E-state index is 13.1. The van der Waals surface area contributed by atoms with Crippen LogP contribution in [0.2, 0.25) is 0 Å². The molecular weight excluding hydrogens is 189 g/mol. The van der Waals surface area contributed by atoms with E-state index in [4.69, 9.17) is 0 Å². The molecule has 0 bridgehead atoms. The van der Waals surface area contributed by atoms with Crippen molar-refractivity contribution in [2.24, 2.45) is 0 Å². The number of hydrogen-bond acceptors (Lipinski definition) is 1. The largest absolute Gasteiger partial charge is 0.304 e. The highest BCUT2D eigenvalue weighted by Crippen LogP contribution is 2.26. The van der Waals surface area contributed by atoms with E-state index in [2.05, 4.69) is 11.9 Å². The van der Waals surface area contributed by atoms with E-state index >= 15 is 0 Å². The molecule has 80 valence electrons. The molecular formula is C13H16FN. The molecule has 1 aromatic carbocycles. The molecule has 1 aliphatic rings. The van der Waals surface area contributed by atoms with E-state index in [0.29, 0.717) is 6.04 Å². The van der Waals surface area contributed by atoms with E-state index in [-0.39, 0.29) is 11.9 Å². The molecule has 2 atom stereocenters. The van der Waals surface area contributed by atoms with Gasteiger partial charge < -0.3 is 5.32 Å². The number of hydrogen-bond donors (Lipinski definition) is 1.